The Kier molecular flexibility index (Phi) is 4.04. The number of amides is 1. The summed E-state index contributed by atoms with van der Waals surface area (Å²) in [6.45, 7) is 1.22. The molecule has 1 saturated carbocycles. The molecule has 2 fully saturated rings. The molecule has 0 aromatic rings. The maximum absolute atomic E-state index is 11.9. The predicted octanol–water partition coefficient (Wildman–Crippen LogP) is -0.178. The molecule has 1 aliphatic carbocycles. The molecule has 0 aromatic heterocycles. The second kappa shape index (κ2) is 5.35. The summed E-state index contributed by atoms with van der Waals surface area (Å²) in [6, 6.07) is 0.194. The minimum Gasteiger partial charge on any atom is -0.352 e. The minimum absolute atomic E-state index is 0.194. The fraction of sp³-hybridized carbons (Fsp3) is 0.909. The molecular weight excluding hydrogens is 240 g/mol. The first-order valence-corrected chi connectivity index (χ1v) is 8.01. The molecular formula is C11H20N2O3S. The smallest absolute Gasteiger partial charge is 0.235 e. The van der Waals surface area contributed by atoms with Gasteiger partial charge in [0, 0.05) is 12.6 Å². The summed E-state index contributed by atoms with van der Waals surface area (Å²) in [5.41, 5.74) is 0. The third kappa shape index (κ3) is 3.42. The highest BCUT2D eigenvalue weighted by Gasteiger charge is 2.31. The normalized spacial score (nSPS) is 26.2. The molecule has 1 heterocycles. The third-order valence-corrected chi connectivity index (χ3v) is 5.66. The molecule has 6 heteroatoms. The van der Waals surface area contributed by atoms with E-state index in [0.29, 0.717) is 13.0 Å². The topological polar surface area (TPSA) is 75.3 Å². The summed E-state index contributed by atoms with van der Waals surface area (Å²) >= 11 is 0. The van der Waals surface area contributed by atoms with Crippen LogP contribution in [0.2, 0.25) is 0 Å². The van der Waals surface area contributed by atoms with Crippen LogP contribution in [0.15, 0.2) is 0 Å². The van der Waals surface area contributed by atoms with E-state index in [-0.39, 0.29) is 23.0 Å². The standard InChI is InChI=1S/C11H20N2O3S/c14-11(13-9-3-1-2-4-9)8-17(15,16)10-5-6-12-7-10/h9-10,12H,1-8H2,(H,13,14). The van der Waals surface area contributed by atoms with Crippen molar-refractivity contribution in [2.24, 2.45) is 0 Å². The van der Waals surface area contributed by atoms with Crippen LogP contribution in [0.3, 0.4) is 0 Å². The summed E-state index contributed by atoms with van der Waals surface area (Å²) in [6.07, 6.45) is 4.85. The molecule has 98 valence electrons. The largest absolute Gasteiger partial charge is 0.352 e. The molecule has 1 amide bonds. The number of hydrogen-bond acceptors (Lipinski definition) is 4. The molecule has 0 spiro atoms. The van der Waals surface area contributed by atoms with Gasteiger partial charge in [0.15, 0.2) is 9.84 Å². The highest BCUT2D eigenvalue weighted by molar-refractivity contribution is 7.92. The molecule has 2 aliphatic rings. The van der Waals surface area contributed by atoms with Gasteiger partial charge < -0.3 is 10.6 Å². The lowest BCUT2D eigenvalue weighted by Crippen LogP contribution is -2.39. The van der Waals surface area contributed by atoms with Gasteiger partial charge in [-0.1, -0.05) is 12.8 Å². The number of rotatable bonds is 4. The Morgan fingerprint density at radius 1 is 1.24 bits per heavy atom. The third-order valence-electron chi connectivity index (χ3n) is 3.58. The maximum atomic E-state index is 11.9. The van der Waals surface area contributed by atoms with Crippen LogP contribution in [-0.4, -0.2) is 44.5 Å². The average molecular weight is 260 g/mol. The Hall–Kier alpha value is -0.620. The highest BCUT2D eigenvalue weighted by Crippen LogP contribution is 2.18. The monoisotopic (exact) mass is 260 g/mol. The van der Waals surface area contributed by atoms with E-state index in [4.69, 9.17) is 0 Å². The van der Waals surface area contributed by atoms with Crippen molar-refractivity contribution in [1.82, 2.24) is 10.6 Å². The lowest BCUT2D eigenvalue weighted by atomic mass is 10.2. The van der Waals surface area contributed by atoms with Crippen LogP contribution in [0.1, 0.15) is 32.1 Å². The molecule has 17 heavy (non-hydrogen) atoms. The Labute approximate surface area is 102 Å². The number of carbonyl (C=O) groups excluding carboxylic acids is 1. The number of nitrogens with one attached hydrogen (secondary N) is 2. The second-order valence-electron chi connectivity index (χ2n) is 4.97. The van der Waals surface area contributed by atoms with Gasteiger partial charge in [0.1, 0.15) is 5.75 Å². The average Bonchev–Trinajstić information content (AvgIpc) is 2.87. The molecule has 1 atom stereocenters. The van der Waals surface area contributed by atoms with Crippen molar-refractivity contribution in [2.45, 2.75) is 43.4 Å². The first-order valence-electron chi connectivity index (χ1n) is 6.29. The highest BCUT2D eigenvalue weighted by atomic mass is 32.2. The Balaban J connectivity index is 1.84. The quantitative estimate of drug-likeness (QED) is 0.735. The molecule has 1 saturated heterocycles. The van der Waals surface area contributed by atoms with Gasteiger partial charge in [0.2, 0.25) is 5.91 Å². The van der Waals surface area contributed by atoms with Crippen LogP contribution in [0.5, 0.6) is 0 Å². The number of sulfone groups is 1. The predicted molar refractivity (Wildman–Crippen MR) is 65.5 cm³/mol. The summed E-state index contributed by atoms with van der Waals surface area (Å²) in [5.74, 6) is -0.681. The van der Waals surface area contributed by atoms with Gasteiger partial charge in [-0.05, 0) is 25.8 Å². The minimum atomic E-state index is -3.28. The van der Waals surface area contributed by atoms with Gasteiger partial charge in [-0.15, -0.1) is 0 Å². The lowest BCUT2D eigenvalue weighted by Gasteiger charge is -2.14. The lowest BCUT2D eigenvalue weighted by molar-refractivity contribution is -0.119. The first-order chi connectivity index (χ1) is 8.08. The van der Waals surface area contributed by atoms with E-state index in [0.717, 1.165) is 32.2 Å². The molecule has 2 rings (SSSR count). The van der Waals surface area contributed by atoms with Crippen LogP contribution in [0, 0.1) is 0 Å². The van der Waals surface area contributed by atoms with E-state index in [9.17, 15) is 13.2 Å². The van der Waals surface area contributed by atoms with Gasteiger partial charge in [0.05, 0.1) is 5.25 Å². The van der Waals surface area contributed by atoms with Gasteiger partial charge in [-0.3, -0.25) is 4.79 Å². The number of hydrogen-bond donors (Lipinski definition) is 2. The fourth-order valence-corrected chi connectivity index (χ4v) is 4.11. The van der Waals surface area contributed by atoms with Crippen LogP contribution in [0.25, 0.3) is 0 Å². The Morgan fingerprint density at radius 3 is 2.53 bits per heavy atom. The van der Waals surface area contributed by atoms with Crippen molar-refractivity contribution in [1.29, 1.82) is 0 Å². The van der Waals surface area contributed by atoms with Crippen LogP contribution in [-0.2, 0) is 14.6 Å². The SMILES string of the molecule is O=C(CS(=O)(=O)C1CCNC1)NC1CCCC1. The van der Waals surface area contributed by atoms with E-state index in [1.54, 1.807) is 0 Å². The van der Waals surface area contributed by atoms with Crippen molar-refractivity contribution in [3.8, 4) is 0 Å². The van der Waals surface area contributed by atoms with Crippen LogP contribution >= 0.6 is 0 Å². The van der Waals surface area contributed by atoms with E-state index in [1.807, 2.05) is 0 Å². The maximum Gasteiger partial charge on any atom is 0.235 e. The van der Waals surface area contributed by atoms with Gasteiger partial charge >= 0.3 is 0 Å². The Bertz CT molecular complexity index is 368. The van der Waals surface area contributed by atoms with E-state index >= 15 is 0 Å². The zero-order chi connectivity index (χ0) is 12.3. The van der Waals surface area contributed by atoms with Crippen molar-refractivity contribution in [2.75, 3.05) is 18.8 Å². The molecule has 1 aliphatic heterocycles. The zero-order valence-electron chi connectivity index (χ0n) is 9.94. The molecule has 5 nitrogen and oxygen atoms in total. The molecule has 0 radical (unpaired) electrons. The summed E-state index contributed by atoms with van der Waals surface area (Å²) in [4.78, 5) is 11.7. The van der Waals surface area contributed by atoms with E-state index < -0.39 is 9.84 Å². The molecule has 2 N–H and O–H groups in total. The van der Waals surface area contributed by atoms with Crippen molar-refractivity contribution >= 4 is 15.7 Å². The zero-order valence-corrected chi connectivity index (χ0v) is 10.8. The van der Waals surface area contributed by atoms with Gasteiger partial charge in [-0.2, -0.15) is 0 Å². The van der Waals surface area contributed by atoms with E-state index in [1.165, 1.54) is 0 Å². The Morgan fingerprint density at radius 2 is 1.94 bits per heavy atom. The van der Waals surface area contributed by atoms with Crippen molar-refractivity contribution in [3.63, 3.8) is 0 Å². The van der Waals surface area contributed by atoms with Crippen molar-refractivity contribution in [3.05, 3.63) is 0 Å². The van der Waals surface area contributed by atoms with Crippen LogP contribution < -0.4 is 10.6 Å². The fourth-order valence-electron chi connectivity index (χ4n) is 2.57. The van der Waals surface area contributed by atoms with Crippen molar-refractivity contribution < 1.29 is 13.2 Å². The summed E-state index contributed by atoms with van der Waals surface area (Å²) in [7, 11) is -3.28. The molecule has 1 unspecified atom stereocenters. The summed E-state index contributed by atoms with van der Waals surface area (Å²) < 4.78 is 23.8. The molecule has 0 aromatic carbocycles. The second-order valence-corrected chi connectivity index (χ2v) is 7.25. The van der Waals surface area contributed by atoms with Crippen LogP contribution in [0.4, 0.5) is 0 Å². The first kappa shape index (κ1) is 12.8. The van der Waals surface area contributed by atoms with Gasteiger partial charge in [0.25, 0.3) is 0 Å². The van der Waals surface area contributed by atoms with E-state index in [2.05, 4.69) is 10.6 Å². The number of carbonyl (C=O) groups is 1. The van der Waals surface area contributed by atoms with Gasteiger partial charge in [-0.25, -0.2) is 8.42 Å². The molecule has 0 bridgehead atoms. The summed E-state index contributed by atoms with van der Waals surface area (Å²) in [5, 5.41) is 5.46.